The number of rotatable bonds is 6. The van der Waals surface area contributed by atoms with E-state index >= 15 is 0 Å². The topological polar surface area (TPSA) is 65.4 Å². The summed E-state index contributed by atoms with van der Waals surface area (Å²) in [4.78, 5) is 4.00. The van der Waals surface area contributed by atoms with Crippen LogP contribution in [0.15, 0.2) is 24.5 Å². The smallest absolute Gasteiger partial charge is 0.0607 e. The van der Waals surface area contributed by atoms with Crippen molar-refractivity contribution in [1.29, 1.82) is 0 Å². The van der Waals surface area contributed by atoms with Gasteiger partial charge in [-0.1, -0.05) is 6.07 Å². The maximum atomic E-state index is 8.79. The van der Waals surface area contributed by atoms with E-state index in [1.54, 1.807) is 6.20 Å². The Morgan fingerprint density at radius 2 is 2.14 bits per heavy atom. The molecule has 3 N–H and O–H groups in total. The SMILES string of the molecule is OCC(CO)NCCc1cccnc1. The number of aromatic nitrogens is 1. The van der Waals surface area contributed by atoms with E-state index in [1.165, 1.54) is 0 Å². The number of nitrogens with zero attached hydrogens (tertiary/aromatic N) is 1. The lowest BCUT2D eigenvalue weighted by Gasteiger charge is -2.12. The predicted molar refractivity (Wildman–Crippen MR) is 53.9 cm³/mol. The van der Waals surface area contributed by atoms with E-state index in [0.29, 0.717) is 0 Å². The lowest BCUT2D eigenvalue weighted by Crippen LogP contribution is -2.36. The van der Waals surface area contributed by atoms with Crippen molar-refractivity contribution in [3.8, 4) is 0 Å². The van der Waals surface area contributed by atoms with Gasteiger partial charge in [0.25, 0.3) is 0 Å². The van der Waals surface area contributed by atoms with Crippen LogP contribution in [0.1, 0.15) is 5.56 Å². The fourth-order valence-electron chi connectivity index (χ4n) is 1.15. The van der Waals surface area contributed by atoms with E-state index in [1.807, 2.05) is 18.3 Å². The Labute approximate surface area is 83.6 Å². The van der Waals surface area contributed by atoms with E-state index < -0.39 is 0 Å². The molecule has 0 amide bonds. The third-order valence-corrected chi connectivity index (χ3v) is 2.01. The van der Waals surface area contributed by atoms with Gasteiger partial charge in [-0.25, -0.2) is 0 Å². The molecule has 4 heteroatoms. The molecule has 0 fully saturated rings. The van der Waals surface area contributed by atoms with Crippen LogP contribution in [-0.4, -0.2) is 41.0 Å². The summed E-state index contributed by atoms with van der Waals surface area (Å²) in [6.45, 7) is 0.657. The molecule has 0 aliphatic rings. The zero-order valence-corrected chi connectivity index (χ0v) is 8.06. The van der Waals surface area contributed by atoms with Crippen molar-refractivity contribution in [3.05, 3.63) is 30.1 Å². The molecule has 0 spiro atoms. The quantitative estimate of drug-likeness (QED) is 0.577. The molecule has 0 atom stereocenters. The van der Waals surface area contributed by atoms with Crippen LogP contribution < -0.4 is 5.32 Å². The van der Waals surface area contributed by atoms with Gasteiger partial charge in [-0.05, 0) is 24.6 Å². The summed E-state index contributed by atoms with van der Waals surface area (Å²) in [6.07, 6.45) is 4.40. The van der Waals surface area contributed by atoms with Gasteiger partial charge in [0.15, 0.2) is 0 Å². The van der Waals surface area contributed by atoms with Crippen LogP contribution in [-0.2, 0) is 6.42 Å². The van der Waals surface area contributed by atoms with Gasteiger partial charge in [0, 0.05) is 12.4 Å². The van der Waals surface area contributed by atoms with Crippen molar-refractivity contribution in [2.75, 3.05) is 19.8 Å². The molecule has 78 valence electrons. The average Bonchev–Trinajstić information content (AvgIpc) is 2.26. The Kier molecular flexibility index (Phi) is 5.14. The summed E-state index contributed by atoms with van der Waals surface area (Å²) in [6, 6.07) is 3.68. The molecule has 1 heterocycles. The average molecular weight is 196 g/mol. The normalized spacial score (nSPS) is 10.8. The lowest BCUT2D eigenvalue weighted by atomic mass is 10.2. The van der Waals surface area contributed by atoms with Crippen LogP contribution in [0.4, 0.5) is 0 Å². The molecular weight excluding hydrogens is 180 g/mol. The predicted octanol–water partition coefficient (Wildman–Crippen LogP) is -0.433. The highest BCUT2D eigenvalue weighted by molar-refractivity contribution is 5.08. The van der Waals surface area contributed by atoms with Gasteiger partial charge >= 0.3 is 0 Å². The fraction of sp³-hybridized carbons (Fsp3) is 0.500. The Bertz CT molecular complexity index is 237. The zero-order chi connectivity index (χ0) is 10.2. The van der Waals surface area contributed by atoms with Crippen LogP contribution in [0.3, 0.4) is 0 Å². The molecule has 0 aliphatic carbocycles. The van der Waals surface area contributed by atoms with Crippen LogP contribution in [0.2, 0.25) is 0 Å². The lowest BCUT2D eigenvalue weighted by molar-refractivity contribution is 0.171. The number of aliphatic hydroxyl groups is 2. The number of hydrogen-bond donors (Lipinski definition) is 3. The molecule has 1 rings (SSSR count). The molecule has 0 aromatic carbocycles. The van der Waals surface area contributed by atoms with Crippen molar-refractivity contribution < 1.29 is 10.2 Å². The number of aliphatic hydroxyl groups excluding tert-OH is 2. The minimum atomic E-state index is -0.216. The maximum absolute atomic E-state index is 8.79. The highest BCUT2D eigenvalue weighted by atomic mass is 16.3. The molecule has 0 radical (unpaired) electrons. The van der Waals surface area contributed by atoms with Gasteiger partial charge in [-0.3, -0.25) is 4.98 Å². The van der Waals surface area contributed by atoms with E-state index in [-0.39, 0.29) is 19.3 Å². The van der Waals surface area contributed by atoms with E-state index in [0.717, 1.165) is 18.5 Å². The van der Waals surface area contributed by atoms with Crippen LogP contribution in [0, 0.1) is 0 Å². The first-order valence-electron chi connectivity index (χ1n) is 4.71. The highest BCUT2D eigenvalue weighted by Crippen LogP contribution is 1.95. The summed E-state index contributed by atoms with van der Waals surface area (Å²) >= 11 is 0. The van der Waals surface area contributed by atoms with Crippen LogP contribution in [0.5, 0.6) is 0 Å². The van der Waals surface area contributed by atoms with Crippen molar-refractivity contribution >= 4 is 0 Å². The summed E-state index contributed by atoms with van der Waals surface area (Å²) < 4.78 is 0. The summed E-state index contributed by atoms with van der Waals surface area (Å²) in [5.74, 6) is 0. The second-order valence-electron chi connectivity index (χ2n) is 3.13. The van der Waals surface area contributed by atoms with E-state index in [4.69, 9.17) is 10.2 Å². The molecular formula is C10H16N2O2. The highest BCUT2D eigenvalue weighted by Gasteiger charge is 2.03. The van der Waals surface area contributed by atoms with E-state index in [2.05, 4.69) is 10.3 Å². The fourth-order valence-corrected chi connectivity index (χ4v) is 1.15. The van der Waals surface area contributed by atoms with Crippen molar-refractivity contribution in [2.24, 2.45) is 0 Å². The molecule has 1 aromatic heterocycles. The number of nitrogens with one attached hydrogen (secondary N) is 1. The number of pyridine rings is 1. The zero-order valence-electron chi connectivity index (χ0n) is 8.06. The first-order valence-corrected chi connectivity index (χ1v) is 4.71. The third-order valence-electron chi connectivity index (χ3n) is 2.01. The Morgan fingerprint density at radius 1 is 1.36 bits per heavy atom. The first kappa shape index (κ1) is 11.1. The monoisotopic (exact) mass is 196 g/mol. The maximum Gasteiger partial charge on any atom is 0.0607 e. The first-order chi connectivity index (χ1) is 6.86. The van der Waals surface area contributed by atoms with E-state index in [9.17, 15) is 0 Å². The largest absolute Gasteiger partial charge is 0.395 e. The molecule has 0 saturated heterocycles. The van der Waals surface area contributed by atoms with Crippen LogP contribution in [0.25, 0.3) is 0 Å². The van der Waals surface area contributed by atoms with Gasteiger partial charge in [-0.2, -0.15) is 0 Å². The molecule has 1 aromatic rings. The summed E-state index contributed by atoms with van der Waals surface area (Å²) in [5.41, 5.74) is 1.15. The second kappa shape index (κ2) is 6.48. The van der Waals surface area contributed by atoms with Gasteiger partial charge in [0.2, 0.25) is 0 Å². The minimum Gasteiger partial charge on any atom is -0.395 e. The molecule has 0 saturated carbocycles. The summed E-state index contributed by atoms with van der Waals surface area (Å²) in [5, 5.41) is 20.6. The third kappa shape index (κ3) is 3.83. The van der Waals surface area contributed by atoms with Gasteiger partial charge < -0.3 is 15.5 Å². The molecule has 14 heavy (non-hydrogen) atoms. The van der Waals surface area contributed by atoms with Crippen LogP contribution >= 0.6 is 0 Å². The van der Waals surface area contributed by atoms with Crippen molar-refractivity contribution in [1.82, 2.24) is 10.3 Å². The van der Waals surface area contributed by atoms with Gasteiger partial charge in [0.05, 0.1) is 19.3 Å². The summed E-state index contributed by atoms with van der Waals surface area (Å²) in [7, 11) is 0. The molecule has 4 nitrogen and oxygen atoms in total. The number of hydrogen-bond acceptors (Lipinski definition) is 4. The van der Waals surface area contributed by atoms with Gasteiger partial charge in [-0.15, -0.1) is 0 Å². The Balaban J connectivity index is 2.21. The Hall–Kier alpha value is -0.970. The second-order valence-corrected chi connectivity index (χ2v) is 3.13. The van der Waals surface area contributed by atoms with Crippen molar-refractivity contribution in [3.63, 3.8) is 0 Å². The minimum absolute atomic E-state index is 0.0382. The van der Waals surface area contributed by atoms with Crippen molar-refractivity contribution in [2.45, 2.75) is 12.5 Å². The Morgan fingerprint density at radius 3 is 2.71 bits per heavy atom. The van der Waals surface area contributed by atoms with Gasteiger partial charge in [0.1, 0.15) is 0 Å². The molecule has 0 bridgehead atoms. The molecule has 0 aliphatic heterocycles. The molecule has 0 unspecified atom stereocenters. The standard InChI is InChI=1S/C10H16N2O2/c13-7-10(8-14)12-5-3-9-2-1-4-11-6-9/h1-2,4,6,10,12-14H,3,5,7-8H2.